The Morgan fingerprint density at radius 2 is 1.88 bits per heavy atom. The smallest absolute Gasteiger partial charge is 0.414 e. The summed E-state index contributed by atoms with van der Waals surface area (Å²) in [5.41, 5.74) is 0. The molecular weight excluding hydrogens is 312 g/mol. The molecule has 1 aromatic rings. The number of ether oxygens (including phenoxy) is 2. The highest BCUT2D eigenvalue weighted by Crippen LogP contribution is 2.20. The summed E-state index contributed by atoms with van der Waals surface area (Å²) in [5, 5.41) is 11.7. The summed E-state index contributed by atoms with van der Waals surface area (Å²) < 4.78 is 9.79. The quantitative estimate of drug-likeness (QED) is 0.475. The molecule has 0 aliphatic rings. The standard InChI is InChI=1S/C17H26N2O5/c1-2-3-4-5-6-7-8-12-23-15(21)13-19-17(22)24-16-14(20)10-9-11-18-16/h9-11,20H,2-8,12-13H2,1H3,(H,19,22). The van der Waals surface area contributed by atoms with Gasteiger partial charge < -0.3 is 19.9 Å². The van der Waals surface area contributed by atoms with Crippen LogP contribution in [0.15, 0.2) is 18.3 Å². The van der Waals surface area contributed by atoms with E-state index in [0.29, 0.717) is 6.61 Å². The van der Waals surface area contributed by atoms with E-state index in [1.54, 1.807) is 0 Å². The number of nitrogens with one attached hydrogen (secondary N) is 1. The van der Waals surface area contributed by atoms with Gasteiger partial charge in [-0.05, 0) is 18.6 Å². The van der Waals surface area contributed by atoms with Crippen LogP contribution in [0.25, 0.3) is 0 Å². The number of esters is 1. The number of hydrogen-bond acceptors (Lipinski definition) is 6. The van der Waals surface area contributed by atoms with Gasteiger partial charge in [-0.2, -0.15) is 0 Å². The monoisotopic (exact) mass is 338 g/mol. The van der Waals surface area contributed by atoms with Crippen LogP contribution in [0.2, 0.25) is 0 Å². The highest BCUT2D eigenvalue weighted by molar-refractivity contribution is 5.78. The summed E-state index contributed by atoms with van der Waals surface area (Å²) in [6, 6.07) is 2.84. The molecule has 0 spiro atoms. The van der Waals surface area contributed by atoms with E-state index in [4.69, 9.17) is 9.47 Å². The van der Waals surface area contributed by atoms with Gasteiger partial charge in [-0.25, -0.2) is 9.78 Å². The number of aromatic nitrogens is 1. The third kappa shape index (κ3) is 8.97. The van der Waals surface area contributed by atoms with E-state index in [1.165, 1.54) is 44.0 Å². The fraction of sp³-hybridized carbons (Fsp3) is 0.588. The van der Waals surface area contributed by atoms with Crippen LogP contribution >= 0.6 is 0 Å². The topological polar surface area (TPSA) is 97.8 Å². The van der Waals surface area contributed by atoms with Gasteiger partial charge in [0.1, 0.15) is 6.54 Å². The summed E-state index contributed by atoms with van der Waals surface area (Å²) in [5.74, 6) is -0.997. The Balaban J connectivity index is 2.05. The average molecular weight is 338 g/mol. The summed E-state index contributed by atoms with van der Waals surface area (Å²) in [7, 11) is 0. The molecule has 7 heteroatoms. The second-order valence-electron chi connectivity index (χ2n) is 5.41. The van der Waals surface area contributed by atoms with Gasteiger partial charge in [-0.15, -0.1) is 0 Å². The van der Waals surface area contributed by atoms with E-state index in [-0.39, 0.29) is 18.2 Å². The van der Waals surface area contributed by atoms with Crippen molar-refractivity contribution in [2.45, 2.75) is 51.9 Å². The van der Waals surface area contributed by atoms with Crippen LogP contribution in [0.3, 0.4) is 0 Å². The van der Waals surface area contributed by atoms with Gasteiger partial charge in [0.05, 0.1) is 6.61 Å². The molecule has 0 radical (unpaired) electrons. The van der Waals surface area contributed by atoms with Gasteiger partial charge >= 0.3 is 12.1 Å². The number of hydrogen-bond donors (Lipinski definition) is 2. The van der Waals surface area contributed by atoms with Crippen LogP contribution in [0.1, 0.15) is 51.9 Å². The van der Waals surface area contributed by atoms with Crippen molar-refractivity contribution < 1.29 is 24.2 Å². The molecule has 134 valence electrons. The minimum absolute atomic E-state index is 0.216. The van der Waals surface area contributed by atoms with Crippen molar-refractivity contribution in [3.63, 3.8) is 0 Å². The Morgan fingerprint density at radius 1 is 1.17 bits per heavy atom. The van der Waals surface area contributed by atoms with Crippen molar-refractivity contribution >= 4 is 12.1 Å². The first-order valence-electron chi connectivity index (χ1n) is 8.38. The fourth-order valence-corrected chi connectivity index (χ4v) is 2.03. The van der Waals surface area contributed by atoms with Crippen LogP contribution in [0.5, 0.6) is 11.6 Å². The lowest BCUT2D eigenvalue weighted by molar-refractivity contribution is -0.142. The van der Waals surface area contributed by atoms with Gasteiger partial charge in [0, 0.05) is 6.20 Å². The number of carbonyl (C=O) groups excluding carboxylic acids is 2. The van der Waals surface area contributed by atoms with Crippen molar-refractivity contribution in [1.29, 1.82) is 0 Å². The Labute approximate surface area is 142 Å². The Bertz CT molecular complexity index is 508. The molecule has 0 aromatic carbocycles. The number of nitrogens with zero attached hydrogens (tertiary/aromatic N) is 1. The first-order valence-corrected chi connectivity index (χ1v) is 8.38. The molecule has 0 aliphatic carbocycles. The molecule has 24 heavy (non-hydrogen) atoms. The zero-order valence-corrected chi connectivity index (χ0v) is 14.1. The SMILES string of the molecule is CCCCCCCCCOC(=O)CNC(=O)Oc1ncccc1O. The minimum Gasteiger partial charge on any atom is -0.503 e. The highest BCUT2D eigenvalue weighted by Gasteiger charge is 2.11. The van der Waals surface area contributed by atoms with Crippen molar-refractivity contribution in [3.05, 3.63) is 18.3 Å². The molecule has 1 rings (SSSR count). The van der Waals surface area contributed by atoms with Gasteiger partial charge in [0.25, 0.3) is 5.88 Å². The summed E-state index contributed by atoms with van der Waals surface area (Å²) >= 11 is 0. The van der Waals surface area contributed by atoms with E-state index in [2.05, 4.69) is 17.2 Å². The predicted molar refractivity (Wildman–Crippen MR) is 88.9 cm³/mol. The first-order chi connectivity index (χ1) is 11.6. The van der Waals surface area contributed by atoms with Gasteiger partial charge in [-0.1, -0.05) is 45.4 Å². The number of aromatic hydroxyl groups is 1. The molecule has 7 nitrogen and oxygen atoms in total. The number of rotatable bonds is 11. The maximum absolute atomic E-state index is 11.5. The van der Waals surface area contributed by atoms with E-state index in [0.717, 1.165) is 19.3 Å². The largest absolute Gasteiger partial charge is 0.503 e. The molecule has 2 N–H and O–H groups in total. The number of amides is 1. The van der Waals surface area contributed by atoms with E-state index in [1.807, 2.05) is 0 Å². The highest BCUT2D eigenvalue weighted by atomic mass is 16.6. The van der Waals surface area contributed by atoms with E-state index < -0.39 is 12.1 Å². The van der Waals surface area contributed by atoms with Crippen molar-refractivity contribution in [2.24, 2.45) is 0 Å². The van der Waals surface area contributed by atoms with Crippen LogP contribution in [-0.4, -0.2) is 35.3 Å². The molecule has 0 unspecified atom stereocenters. The van der Waals surface area contributed by atoms with Crippen LogP contribution in [-0.2, 0) is 9.53 Å². The molecule has 1 aromatic heterocycles. The second-order valence-corrected chi connectivity index (χ2v) is 5.41. The van der Waals surface area contributed by atoms with Crippen molar-refractivity contribution in [1.82, 2.24) is 10.3 Å². The van der Waals surface area contributed by atoms with Crippen LogP contribution in [0, 0.1) is 0 Å². The Kier molecular flexibility index (Phi) is 9.99. The van der Waals surface area contributed by atoms with E-state index >= 15 is 0 Å². The number of pyridine rings is 1. The van der Waals surface area contributed by atoms with Gasteiger partial charge in [0.15, 0.2) is 5.75 Å². The number of carbonyl (C=O) groups is 2. The Hall–Kier alpha value is -2.31. The zero-order chi connectivity index (χ0) is 17.6. The molecule has 0 atom stereocenters. The minimum atomic E-state index is -0.878. The maximum atomic E-state index is 11.5. The molecule has 0 fully saturated rings. The Morgan fingerprint density at radius 3 is 2.58 bits per heavy atom. The first kappa shape index (κ1) is 19.7. The van der Waals surface area contributed by atoms with Gasteiger partial charge in [-0.3, -0.25) is 4.79 Å². The molecule has 0 bridgehead atoms. The van der Waals surface area contributed by atoms with Crippen LogP contribution in [0.4, 0.5) is 4.79 Å². The summed E-state index contributed by atoms with van der Waals surface area (Å²) in [6.07, 6.45) is 8.48. The lowest BCUT2D eigenvalue weighted by atomic mass is 10.1. The lowest BCUT2D eigenvalue weighted by Crippen LogP contribution is -2.33. The molecule has 1 amide bonds. The predicted octanol–water partition coefficient (Wildman–Crippen LogP) is 3.17. The average Bonchev–Trinajstić information content (AvgIpc) is 2.57. The fourth-order valence-electron chi connectivity index (χ4n) is 2.03. The van der Waals surface area contributed by atoms with Crippen molar-refractivity contribution in [3.8, 4) is 11.6 Å². The lowest BCUT2D eigenvalue weighted by Gasteiger charge is -2.07. The third-order valence-corrected chi connectivity index (χ3v) is 3.33. The van der Waals surface area contributed by atoms with Gasteiger partial charge in [0.2, 0.25) is 0 Å². The van der Waals surface area contributed by atoms with Crippen molar-refractivity contribution in [2.75, 3.05) is 13.2 Å². The molecule has 0 saturated heterocycles. The zero-order valence-electron chi connectivity index (χ0n) is 14.1. The summed E-state index contributed by atoms with van der Waals surface area (Å²) in [6.45, 7) is 2.25. The second kappa shape index (κ2) is 12.2. The van der Waals surface area contributed by atoms with Crippen LogP contribution < -0.4 is 10.1 Å². The third-order valence-electron chi connectivity index (χ3n) is 3.33. The molecule has 0 aliphatic heterocycles. The van der Waals surface area contributed by atoms with E-state index in [9.17, 15) is 14.7 Å². The molecular formula is C17H26N2O5. The molecule has 1 heterocycles. The number of unbranched alkanes of at least 4 members (excludes halogenated alkanes) is 6. The summed E-state index contributed by atoms with van der Waals surface area (Å²) in [4.78, 5) is 26.7. The molecule has 0 saturated carbocycles. The normalized spacial score (nSPS) is 10.2. The maximum Gasteiger partial charge on any atom is 0.414 e.